The molecule has 178 valence electrons. The largest absolute Gasteiger partial charge is 0.495 e. The molecule has 35 heavy (non-hydrogen) atoms. The van der Waals surface area contributed by atoms with Gasteiger partial charge >= 0.3 is 0 Å². The second kappa shape index (κ2) is 9.43. The van der Waals surface area contributed by atoms with E-state index in [0.717, 1.165) is 16.8 Å². The van der Waals surface area contributed by atoms with E-state index in [-0.39, 0.29) is 5.82 Å². The lowest BCUT2D eigenvalue weighted by Crippen LogP contribution is -2.50. The molecule has 1 amide bonds. The minimum Gasteiger partial charge on any atom is -0.495 e. The third-order valence-electron chi connectivity index (χ3n) is 6.31. The molecule has 0 bridgehead atoms. The van der Waals surface area contributed by atoms with Crippen molar-refractivity contribution in [2.45, 2.75) is 0 Å². The lowest BCUT2D eigenvalue weighted by Gasteiger charge is -2.35. The first kappa shape index (κ1) is 22.9. The highest BCUT2D eigenvalue weighted by molar-refractivity contribution is 6.43. The summed E-state index contributed by atoms with van der Waals surface area (Å²) in [7, 11) is 1.54. The van der Waals surface area contributed by atoms with Gasteiger partial charge in [0.25, 0.3) is 11.7 Å². The molecular weight excluding hydrogens is 469 g/mol. The molecule has 1 fully saturated rings. The fourth-order valence-electron chi connectivity index (χ4n) is 4.47. The number of nitrogens with zero attached hydrogens (tertiary/aromatic N) is 3. The number of hydrogen-bond acceptors (Lipinski definition) is 4. The zero-order chi connectivity index (χ0) is 24.5. The highest BCUT2D eigenvalue weighted by Gasteiger charge is 2.31. The second-order valence-electron chi connectivity index (χ2n) is 8.34. The Labute approximate surface area is 207 Å². The molecule has 8 heteroatoms. The van der Waals surface area contributed by atoms with Crippen molar-refractivity contribution < 1.29 is 18.7 Å². The van der Waals surface area contributed by atoms with Crippen molar-refractivity contribution in [2.75, 3.05) is 38.2 Å². The highest BCUT2D eigenvalue weighted by atomic mass is 35.5. The van der Waals surface area contributed by atoms with Crippen LogP contribution in [0.2, 0.25) is 5.02 Å². The average molecular weight is 492 g/mol. The Kier molecular flexibility index (Phi) is 6.17. The van der Waals surface area contributed by atoms with Crippen LogP contribution in [0.5, 0.6) is 5.75 Å². The summed E-state index contributed by atoms with van der Waals surface area (Å²) in [5.74, 6) is -0.884. The standard InChI is InChI=1S/C27H23ClFN3O3/c1-35-24-10-5-18(16-23(24)28)22-17-21-4-2-3-11-32(21)25(22)26(33)27(34)31-14-12-30(13-15-31)20-8-6-19(29)7-9-20/h2-11,16-17H,12-15H2,1H3. The number of ether oxygens (including phenoxy) is 1. The number of amides is 1. The molecule has 2 aromatic carbocycles. The van der Waals surface area contributed by atoms with Crippen molar-refractivity contribution in [3.05, 3.63) is 89.5 Å². The number of methoxy groups -OCH3 is 1. The van der Waals surface area contributed by atoms with Crippen LogP contribution in [0.25, 0.3) is 16.6 Å². The lowest BCUT2D eigenvalue weighted by molar-refractivity contribution is -0.126. The van der Waals surface area contributed by atoms with Gasteiger partial charge in [-0.2, -0.15) is 0 Å². The smallest absolute Gasteiger partial charge is 0.296 e. The molecule has 0 saturated carbocycles. The Morgan fingerprint density at radius 3 is 2.37 bits per heavy atom. The molecule has 0 unspecified atom stereocenters. The maximum absolute atomic E-state index is 13.6. The minimum absolute atomic E-state index is 0.290. The van der Waals surface area contributed by atoms with Gasteiger partial charge in [-0.15, -0.1) is 0 Å². The van der Waals surface area contributed by atoms with Gasteiger partial charge in [0.1, 0.15) is 17.3 Å². The van der Waals surface area contributed by atoms with E-state index < -0.39 is 11.7 Å². The zero-order valence-corrected chi connectivity index (χ0v) is 19.8. The number of aromatic nitrogens is 1. The number of anilines is 1. The molecule has 0 N–H and O–H groups in total. The fraction of sp³-hybridized carbons (Fsp3) is 0.185. The monoisotopic (exact) mass is 491 g/mol. The minimum atomic E-state index is -0.576. The predicted molar refractivity (Wildman–Crippen MR) is 134 cm³/mol. The summed E-state index contributed by atoms with van der Waals surface area (Å²) in [6, 6.07) is 19.0. The van der Waals surface area contributed by atoms with Crippen LogP contribution in [-0.4, -0.2) is 54.3 Å². The molecule has 3 heterocycles. The van der Waals surface area contributed by atoms with Crippen LogP contribution in [0.3, 0.4) is 0 Å². The Morgan fingerprint density at radius 2 is 1.69 bits per heavy atom. The van der Waals surface area contributed by atoms with E-state index in [9.17, 15) is 14.0 Å². The van der Waals surface area contributed by atoms with Gasteiger partial charge in [0.15, 0.2) is 0 Å². The molecule has 1 aliphatic rings. The number of carbonyl (C=O) groups excluding carboxylic acids is 2. The van der Waals surface area contributed by atoms with Crippen molar-refractivity contribution in [1.29, 1.82) is 0 Å². The first-order valence-electron chi connectivity index (χ1n) is 11.2. The molecule has 1 saturated heterocycles. The van der Waals surface area contributed by atoms with Crippen LogP contribution in [0.15, 0.2) is 72.9 Å². The van der Waals surface area contributed by atoms with Crippen LogP contribution < -0.4 is 9.64 Å². The van der Waals surface area contributed by atoms with Gasteiger partial charge in [0.05, 0.1) is 12.1 Å². The highest BCUT2D eigenvalue weighted by Crippen LogP contribution is 2.34. The van der Waals surface area contributed by atoms with Gasteiger partial charge in [-0.3, -0.25) is 9.59 Å². The molecule has 0 atom stereocenters. The van der Waals surface area contributed by atoms with Crippen LogP contribution in [0, 0.1) is 5.82 Å². The summed E-state index contributed by atoms with van der Waals surface area (Å²) in [5, 5.41) is 0.418. The van der Waals surface area contributed by atoms with Gasteiger partial charge in [-0.05, 0) is 60.2 Å². The third-order valence-corrected chi connectivity index (χ3v) is 6.61. The molecular formula is C27H23ClFN3O3. The van der Waals surface area contributed by atoms with E-state index in [2.05, 4.69) is 4.90 Å². The number of rotatable bonds is 5. The molecule has 6 nitrogen and oxygen atoms in total. The van der Waals surface area contributed by atoms with Crippen LogP contribution >= 0.6 is 11.6 Å². The molecule has 0 spiro atoms. The van der Waals surface area contributed by atoms with Gasteiger partial charge in [-0.1, -0.05) is 23.7 Å². The van der Waals surface area contributed by atoms with Crippen LogP contribution in [-0.2, 0) is 4.79 Å². The van der Waals surface area contributed by atoms with Crippen molar-refractivity contribution >= 4 is 34.5 Å². The number of halogens is 2. The van der Waals surface area contributed by atoms with Gasteiger partial charge in [0, 0.05) is 49.1 Å². The average Bonchev–Trinajstić information content (AvgIpc) is 3.28. The van der Waals surface area contributed by atoms with E-state index >= 15 is 0 Å². The van der Waals surface area contributed by atoms with Crippen molar-refractivity contribution in [3.8, 4) is 16.9 Å². The summed E-state index contributed by atoms with van der Waals surface area (Å²) in [4.78, 5) is 30.6. The quantitative estimate of drug-likeness (QED) is 0.293. The number of carbonyl (C=O) groups is 2. The number of pyridine rings is 1. The normalized spacial score (nSPS) is 13.8. The van der Waals surface area contributed by atoms with Crippen molar-refractivity contribution in [2.24, 2.45) is 0 Å². The Bertz CT molecular complexity index is 1410. The fourth-order valence-corrected chi connectivity index (χ4v) is 4.73. The van der Waals surface area contributed by atoms with E-state index in [1.165, 1.54) is 19.2 Å². The number of fused-ring (bicyclic) bond motifs is 1. The van der Waals surface area contributed by atoms with Crippen molar-refractivity contribution in [3.63, 3.8) is 0 Å². The summed E-state index contributed by atoms with van der Waals surface area (Å²) in [6.07, 6.45) is 1.77. The van der Waals surface area contributed by atoms with Gasteiger partial charge < -0.3 is 18.9 Å². The van der Waals surface area contributed by atoms with Crippen LogP contribution in [0.4, 0.5) is 10.1 Å². The number of piperazine rings is 1. The molecule has 0 aliphatic carbocycles. The number of hydrogen-bond donors (Lipinski definition) is 0. The Balaban J connectivity index is 1.42. The molecule has 0 radical (unpaired) electrons. The van der Waals surface area contributed by atoms with Gasteiger partial charge in [-0.25, -0.2) is 4.39 Å². The maximum Gasteiger partial charge on any atom is 0.296 e. The third kappa shape index (κ3) is 4.35. The first-order valence-corrected chi connectivity index (χ1v) is 11.6. The summed E-state index contributed by atoms with van der Waals surface area (Å²) in [6.45, 7) is 1.91. The van der Waals surface area contributed by atoms with E-state index in [1.54, 1.807) is 39.8 Å². The van der Waals surface area contributed by atoms with Crippen LogP contribution in [0.1, 0.15) is 10.5 Å². The summed E-state index contributed by atoms with van der Waals surface area (Å²) >= 11 is 6.35. The van der Waals surface area contributed by atoms with E-state index in [0.29, 0.717) is 48.2 Å². The van der Waals surface area contributed by atoms with Crippen molar-refractivity contribution in [1.82, 2.24) is 9.30 Å². The Morgan fingerprint density at radius 1 is 0.943 bits per heavy atom. The SMILES string of the molecule is COc1ccc(-c2cc3ccccn3c2C(=O)C(=O)N2CCN(c3ccc(F)cc3)CC2)cc1Cl. The molecule has 1 aliphatic heterocycles. The lowest BCUT2D eigenvalue weighted by atomic mass is 10.0. The topological polar surface area (TPSA) is 54.3 Å². The maximum atomic E-state index is 13.6. The predicted octanol–water partition coefficient (Wildman–Crippen LogP) is 4.94. The second-order valence-corrected chi connectivity index (χ2v) is 8.74. The number of ketones is 1. The molecule has 2 aromatic heterocycles. The van der Waals surface area contributed by atoms with Gasteiger partial charge in [0.2, 0.25) is 0 Å². The summed E-state index contributed by atoms with van der Waals surface area (Å²) in [5.41, 5.74) is 3.33. The Hall–Kier alpha value is -3.84. The number of benzene rings is 2. The summed E-state index contributed by atoms with van der Waals surface area (Å²) < 4.78 is 20.2. The van der Waals surface area contributed by atoms with E-state index in [4.69, 9.17) is 16.3 Å². The zero-order valence-electron chi connectivity index (χ0n) is 19.1. The molecule has 4 aromatic rings. The first-order chi connectivity index (χ1) is 17.0. The van der Waals surface area contributed by atoms with E-state index in [1.807, 2.05) is 30.3 Å². The molecule has 5 rings (SSSR count). The number of Topliss-reactive ketones (excluding diaryl/α,β-unsaturated/α-hetero) is 1.